The summed E-state index contributed by atoms with van der Waals surface area (Å²) in [6, 6.07) is 8.39. The van der Waals surface area contributed by atoms with Gasteiger partial charge in [-0.05, 0) is 23.5 Å². The van der Waals surface area contributed by atoms with Gasteiger partial charge in [-0.1, -0.05) is 45.0 Å². The lowest BCUT2D eigenvalue weighted by molar-refractivity contribution is 0.0622. The second-order valence-corrected chi connectivity index (χ2v) is 6.21. The van der Waals surface area contributed by atoms with Crippen molar-refractivity contribution >= 4 is 0 Å². The molecule has 0 aliphatic carbocycles. The van der Waals surface area contributed by atoms with E-state index in [9.17, 15) is 5.11 Å². The van der Waals surface area contributed by atoms with Crippen molar-refractivity contribution in [1.29, 1.82) is 0 Å². The van der Waals surface area contributed by atoms with Crippen molar-refractivity contribution in [2.24, 2.45) is 11.3 Å². The van der Waals surface area contributed by atoms with Crippen LogP contribution in [-0.4, -0.2) is 17.8 Å². The zero-order valence-electron chi connectivity index (χ0n) is 11.2. The predicted octanol–water partition coefficient (Wildman–Crippen LogP) is 2.66. The van der Waals surface area contributed by atoms with Crippen LogP contribution in [-0.2, 0) is 0 Å². The van der Waals surface area contributed by atoms with E-state index >= 15 is 0 Å². The van der Waals surface area contributed by atoms with Gasteiger partial charge in [-0.2, -0.15) is 0 Å². The highest BCUT2D eigenvalue weighted by molar-refractivity contribution is 5.30. The fraction of sp³-hybridized carbons (Fsp3) is 0.600. The van der Waals surface area contributed by atoms with Gasteiger partial charge < -0.3 is 10.4 Å². The van der Waals surface area contributed by atoms with Crippen LogP contribution in [0.15, 0.2) is 24.3 Å². The smallest absolute Gasteiger partial charge is 0.0780 e. The van der Waals surface area contributed by atoms with Crippen LogP contribution in [0.5, 0.6) is 0 Å². The van der Waals surface area contributed by atoms with E-state index in [1.807, 2.05) is 12.1 Å². The van der Waals surface area contributed by atoms with Crippen LogP contribution in [0.4, 0.5) is 0 Å². The van der Waals surface area contributed by atoms with Gasteiger partial charge in [-0.15, -0.1) is 0 Å². The molecule has 2 N–H and O–H groups in total. The Hall–Kier alpha value is -0.860. The van der Waals surface area contributed by atoms with Gasteiger partial charge >= 0.3 is 0 Å². The van der Waals surface area contributed by atoms with Crippen molar-refractivity contribution in [2.75, 3.05) is 6.54 Å². The number of hydrogen-bond acceptors (Lipinski definition) is 2. The van der Waals surface area contributed by atoms with Crippen LogP contribution in [0, 0.1) is 18.3 Å². The molecule has 2 nitrogen and oxygen atoms in total. The molecule has 1 heterocycles. The average molecular weight is 233 g/mol. The summed E-state index contributed by atoms with van der Waals surface area (Å²) in [7, 11) is 0. The topological polar surface area (TPSA) is 32.3 Å². The van der Waals surface area contributed by atoms with Crippen LogP contribution in [0.25, 0.3) is 0 Å². The van der Waals surface area contributed by atoms with Crippen LogP contribution in [0.3, 0.4) is 0 Å². The first-order chi connectivity index (χ1) is 7.91. The number of hydrogen-bond donors (Lipinski definition) is 2. The minimum Gasteiger partial charge on any atom is -0.391 e. The molecule has 94 valence electrons. The van der Waals surface area contributed by atoms with E-state index in [2.05, 4.69) is 45.1 Å². The molecule has 0 radical (unpaired) electrons. The van der Waals surface area contributed by atoms with Crippen molar-refractivity contribution < 1.29 is 5.11 Å². The molecule has 1 saturated heterocycles. The van der Waals surface area contributed by atoms with E-state index in [1.165, 1.54) is 11.1 Å². The molecule has 2 rings (SSSR count). The lowest BCUT2D eigenvalue weighted by Crippen LogP contribution is -2.31. The first-order valence-electron chi connectivity index (χ1n) is 6.38. The zero-order valence-corrected chi connectivity index (χ0v) is 11.2. The number of aryl methyl sites for hydroxylation is 1. The van der Waals surface area contributed by atoms with Crippen LogP contribution in [0.1, 0.15) is 37.9 Å². The van der Waals surface area contributed by atoms with Crippen molar-refractivity contribution in [3.63, 3.8) is 0 Å². The van der Waals surface area contributed by atoms with Crippen molar-refractivity contribution in [3.8, 4) is 0 Å². The second kappa shape index (κ2) is 4.43. The number of nitrogens with one attached hydrogen (secondary N) is 1. The van der Waals surface area contributed by atoms with Gasteiger partial charge in [0.15, 0.2) is 0 Å². The Morgan fingerprint density at radius 3 is 2.41 bits per heavy atom. The summed E-state index contributed by atoms with van der Waals surface area (Å²) in [4.78, 5) is 0. The molecule has 0 aromatic heterocycles. The maximum atomic E-state index is 10.5. The van der Waals surface area contributed by atoms with Gasteiger partial charge in [0.25, 0.3) is 0 Å². The van der Waals surface area contributed by atoms with Crippen molar-refractivity contribution in [1.82, 2.24) is 5.32 Å². The molecule has 2 heteroatoms. The van der Waals surface area contributed by atoms with Crippen molar-refractivity contribution in [3.05, 3.63) is 35.4 Å². The summed E-state index contributed by atoms with van der Waals surface area (Å²) >= 11 is 0. The fourth-order valence-corrected chi connectivity index (χ4v) is 2.78. The monoisotopic (exact) mass is 233 g/mol. The lowest BCUT2D eigenvalue weighted by atomic mass is 9.77. The predicted molar refractivity (Wildman–Crippen MR) is 70.9 cm³/mol. The van der Waals surface area contributed by atoms with Crippen molar-refractivity contribution in [2.45, 2.75) is 39.8 Å². The maximum Gasteiger partial charge on any atom is 0.0780 e. The standard InChI is InChI=1S/C15H23NO/c1-10-7-5-6-8-11(10)13-14(17)12(9-16-13)15(2,3)4/h5-8,12-14,16-17H,9H2,1-4H3. The third-order valence-corrected chi connectivity index (χ3v) is 3.95. The number of aliphatic hydroxyl groups is 1. The third-order valence-electron chi connectivity index (χ3n) is 3.95. The molecular formula is C15H23NO. The van der Waals surface area contributed by atoms with Crippen LogP contribution >= 0.6 is 0 Å². The highest BCUT2D eigenvalue weighted by atomic mass is 16.3. The van der Waals surface area contributed by atoms with Gasteiger partial charge in [0.2, 0.25) is 0 Å². The molecule has 3 unspecified atom stereocenters. The third kappa shape index (κ3) is 2.38. The Morgan fingerprint density at radius 1 is 1.24 bits per heavy atom. The molecule has 0 spiro atoms. The second-order valence-electron chi connectivity index (χ2n) is 6.21. The average Bonchev–Trinajstić information content (AvgIpc) is 2.60. The molecular weight excluding hydrogens is 210 g/mol. The number of aliphatic hydroxyl groups excluding tert-OH is 1. The molecule has 1 fully saturated rings. The van der Waals surface area contributed by atoms with E-state index in [0.717, 1.165) is 6.54 Å². The maximum absolute atomic E-state index is 10.5. The molecule has 0 amide bonds. The first-order valence-corrected chi connectivity index (χ1v) is 6.38. The summed E-state index contributed by atoms with van der Waals surface area (Å²) in [6.45, 7) is 9.59. The molecule has 1 aliphatic heterocycles. The summed E-state index contributed by atoms with van der Waals surface area (Å²) < 4.78 is 0. The minimum atomic E-state index is -0.295. The van der Waals surface area contributed by atoms with E-state index in [0.29, 0.717) is 5.92 Å². The van der Waals surface area contributed by atoms with E-state index in [4.69, 9.17) is 0 Å². The summed E-state index contributed by atoms with van der Waals surface area (Å²) in [6.07, 6.45) is -0.295. The Bertz CT molecular complexity index is 394. The summed E-state index contributed by atoms with van der Waals surface area (Å²) in [5.41, 5.74) is 2.62. The number of rotatable bonds is 1. The van der Waals surface area contributed by atoms with E-state index < -0.39 is 0 Å². The molecule has 1 aliphatic rings. The van der Waals surface area contributed by atoms with E-state index in [1.54, 1.807) is 0 Å². The Morgan fingerprint density at radius 2 is 1.88 bits per heavy atom. The number of benzene rings is 1. The summed E-state index contributed by atoms with van der Waals surface area (Å²) in [5, 5.41) is 14.0. The molecule has 1 aromatic carbocycles. The fourth-order valence-electron chi connectivity index (χ4n) is 2.78. The first kappa shape index (κ1) is 12.6. The quantitative estimate of drug-likeness (QED) is 0.781. The molecule has 17 heavy (non-hydrogen) atoms. The Balaban J connectivity index is 2.24. The Labute approximate surface area is 104 Å². The van der Waals surface area contributed by atoms with Gasteiger partial charge in [0.05, 0.1) is 12.1 Å². The lowest BCUT2D eigenvalue weighted by Gasteiger charge is -2.30. The van der Waals surface area contributed by atoms with E-state index in [-0.39, 0.29) is 17.6 Å². The molecule has 0 saturated carbocycles. The highest BCUT2D eigenvalue weighted by Gasteiger charge is 2.41. The normalized spacial score (nSPS) is 29.6. The molecule has 1 aromatic rings. The van der Waals surface area contributed by atoms with Crippen LogP contribution in [0.2, 0.25) is 0 Å². The molecule has 0 bridgehead atoms. The van der Waals surface area contributed by atoms with Crippen LogP contribution < -0.4 is 5.32 Å². The SMILES string of the molecule is Cc1ccccc1C1NCC(C(C)(C)C)C1O. The van der Waals surface area contributed by atoms with Gasteiger partial charge in [0, 0.05) is 12.5 Å². The van der Waals surface area contributed by atoms with Gasteiger partial charge in [0.1, 0.15) is 0 Å². The Kier molecular flexibility index (Phi) is 3.28. The largest absolute Gasteiger partial charge is 0.391 e. The zero-order chi connectivity index (χ0) is 12.6. The highest BCUT2D eigenvalue weighted by Crippen LogP contribution is 2.38. The summed E-state index contributed by atoms with van der Waals surface area (Å²) in [5.74, 6) is 0.312. The van der Waals surface area contributed by atoms with Gasteiger partial charge in [-0.25, -0.2) is 0 Å². The molecule has 3 atom stereocenters. The van der Waals surface area contributed by atoms with Gasteiger partial charge in [-0.3, -0.25) is 0 Å². The minimum absolute atomic E-state index is 0.0837.